The molecule has 0 aliphatic carbocycles. The molecule has 208 valence electrons. The third-order valence-corrected chi connectivity index (χ3v) is 5.26. The molecule has 0 saturated carbocycles. The van der Waals surface area contributed by atoms with E-state index in [0.29, 0.717) is 63.5 Å². The zero-order valence-electron chi connectivity index (χ0n) is 22.0. The van der Waals surface area contributed by atoms with Crippen molar-refractivity contribution in [1.82, 2.24) is 20.3 Å². The number of ether oxygens (including phenoxy) is 3. The van der Waals surface area contributed by atoms with E-state index < -0.39 is 5.97 Å². The first kappa shape index (κ1) is 29.3. The highest BCUT2D eigenvalue weighted by Crippen LogP contribution is 2.10. The zero-order chi connectivity index (χ0) is 27.5. The lowest BCUT2D eigenvalue weighted by atomic mass is 10.1. The lowest BCUT2D eigenvalue weighted by Crippen LogP contribution is -2.27. The molecule has 3 rings (SSSR count). The highest BCUT2D eigenvalue weighted by atomic mass is 16.5. The van der Waals surface area contributed by atoms with Crippen molar-refractivity contribution in [2.75, 3.05) is 75.7 Å². The fourth-order valence-corrected chi connectivity index (χ4v) is 3.29. The maximum Gasteiger partial charge on any atom is 0.325 e. The number of esters is 1. The minimum Gasteiger partial charge on any atom is -0.468 e. The summed E-state index contributed by atoms with van der Waals surface area (Å²) in [6.45, 7) is 3.05. The van der Waals surface area contributed by atoms with Crippen LogP contribution in [0.5, 0.6) is 0 Å². The third kappa shape index (κ3) is 11.8. The standard InChI is InChI=1S/C27H35N7O5/c1-37-23(35)20-31-27-33-25(29-13-12-21-8-4-2-5-9-21)32-26(34-27)30-15-17-39-19-18-38-16-14-28-24(36)22-10-6-3-7-11-22/h2-11H,12-20H2,1H3,(H,28,36)(H3,29,30,31,32,33,34). The van der Waals surface area contributed by atoms with Gasteiger partial charge in [0.2, 0.25) is 17.8 Å². The van der Waals surface area contributed by atoms with E-state index in [1.165, 1.54) is 12.7 Å². The van der Waals surface area contributed by atoms with Crippen LogP contribution in [0.2, 0.25) is 0 Å². The monoisotopic (exact) mass is 537 g/mol. The number of carbonyl (C=O) groups is 2. The van der Waals surface area contributed by atoms with Crippen molar-refractivity contribution in [3.8, 4) is 0 Å². The minimum absolute atomic E-state index is 0.0670. The van der Waals surface area contributed by atoms with Crippen molar-refractivity contribution in [2.24, 2.45) is 0 Å². The minimum atomic E-state index is -0.433. The number of benzene rings is 2. The van der Waals surface area contributed by atoms with Gasteiger partial charge in [0.1, 0.15) is 6.54 Å². The van der Waals surface area contributed by atoms with Crippen LogP contribution in [0.1, 0.15) is 15.9 Å². The smallest absolute Gasteiger partial charge is 0.325 e. The van der Waals surface area contributed by atoms with Crippen molar-refractivity contribution in [3.63, 3.8) is 0 Å². The molecule has 0 bridgehead atoms. The zero-order valence-corrected chi connectivity index (χ0v) is 22.0. The molecule has 3 aromatic rings. The summed E-state index contributed by atoms with van der Waals surface area (Å²) in [4.78, 5) is 36.5. The van der Waals surface area contributed by atoms with Crippen LogP contribution in [0.4, 0.5) is 17.8 Å². The number of methoxy groups -OCH3 is 1. The predicted molar refractivity (Wildman–Crippen MR) is 148 cm³/mol. The number of carbonyl (C=O) groups excluding carboxylic acids is 2. The molecule has 39 heavy (non-hydrogen) atoms. The van der Waals surface area contributed by atoms with E-state index in [4.69, 9.17) is 9.47 Å². The Morgan fingerprint density at radius 2 is 1.26 bits per heavy atom. The average Bonchev–Trinajstić information content (AvgIpc) is 2.97. The number of rotatable bonds is 18. The van der Waals surface area contributed by atoms with Crippen LogP contribution in [0.3, 0.4) is 0 Å². The molecule has 0 fully saturated rings. The van der Waals surface area contributed by atoms with Crippen molar-refractivity contribution in [2.45, 2.75) is 6.42 Å². The first-order chi connectivity index (χ1) is 19.1. The van der Waals surface area contributed by atoms with Gasteiger partial charge in [-0.05, 0) is 24.1 Å². The van der Waals surface area contributed by atoms with Gasteiger partial charge < -0.3 is 35.5 Å². The fourth-order valence-electron chi connectivity index (χ4n) is 3.29. The number of nitrogens with one attached hydrogen (secondary N) is 4. The Bertz CT molecular complexity index is 1140. The Kier molecular flexibility index (Phi) is 13.0. The molecule has 12 nitrogen and oxygen atoms in total. The Labute approximate surface area is 227 Å². The Hall–Kier alpha value is -4.29. The lowest BCUT2D eigenvalue weighted by Gasteiger charge is -2.11. The number of amides is 1. The Morgan fingerprint density at radius 1 is 0.692 bits per heavy atom. The maximum atomic E-state index is 12.0. The molecule has 0 aliphatic heterocycles. The van der Waals surface area contributed by atoms with Gasteiger partial charge in [0.05, 0.1) is 33.5 Å². The molecule has 0 atom stereocenters. The van der Waals surface area contributed by atoms with Gasteiger partial charge in [-0.2, -0.15) is 15.0 Å². The first-order valence-corrected chi connectivity index (χ1v) is 12.7. The maximum absolute atomic E-state index is 12.0. The van der Waals surface area contributed by atoms with E-state index in [9.17, 15) is 9.59 Å². The highest BCUT2D eigenvalue weighted by molar-refractivity contribution is 5.94. The van der Waals surface area contributed by atoms with Gasteiger partial charge in [-0.3, -0.25) is 9.59 Å². The van der Waals surface area contributed by atoms with Gasteiger partial charge in [-0.15, -0.1) is 0 Å². The van der Waals surface area contributed by atoms with Gasteiger partial charge in [0.25, 0.3) is 5.91 Å². The summed E-state index contributed by atoms with van der Waals surface area (Å²) in [5, 5.41) is 11.9. The quantitative estimate of drug-likeness (QED) is 0.139. The molecule has 0 unspecified atom stereocenters. The second-order valence-electron chi connectivity index (χ2n) is 8.17. The normalized spacial score (nSPS) is 10.5. The van der Waals surface area contributed by atoms with Crippen LogP contribution < -0.4 is 21.3 Å². The predicted octanol–water partition coefficient (Wildman–Crippen LogP) is 1.99. The Morgan fingerprint density at radius 3 is 1.90 bits per heavy atom. The topological polar surface area (TPSA) is 149 Å². The van der Waals surface area contributed by atoms with Crippen LogP contribution in [0.25, 0.3) is 0 Å². The molecule has 4 N–H and O–H groups in total. The van der Waals surface area contributed by atoms with Crippen LogP contribution in [-0.4, -0.2) is 86.5 Å². The molecule has 2 aromatic carbocycles. The van der Waals surface area contributed by atoms with E-state index in [0.717, 1.165) is 6.42 Å². The lowest BCUT2D eigenvalue weighted by molar-refractivity contribution is -0.138. The van der Waals surface area contributed by atoms with Gasteiger partial charge >= 0.3 is 5.97 Å². The van der Waals surface area contributed by atoms with Gasteiger partial charge in [0.15, 0.2) is 0 Å². The van der Waals surface area contributed by atoms with Crippen LogP contribution >= 0.6 is 0 Å². The van der Waals surface area contributed by atoms with Crippen LogP contribution in [-0.2, 0) is 25.4 Å². The summed E-state index contributed by atoms with van der Waals surface area (Å²) < 4.78 is 15.7. The van der Waals surface area contributed by atoms with Crippen molar-refractivity contribution in [3.05, 3.63) is 71.8 Å². The van der Waals surface area contributed by atoms with Crippen molar-refractivity contribution < 1.29 is 23.8 Å². The molecule has 1 amide bonds. The molecule has 0 aliphatic rings. The van der Waals surface area contributed by atoms with Gasteiger partial charge in [0, 0.05) is 25.2 Å². The van der Waals surface area contributed by atoms with Gasteiger partial charge in [-0.1, -0.05) is 48.5 Å². The number of hydrogen-bond donors (Lipinski definition) is 4. The summed E-state index contributed by atoms with van der Waals surface area (Å²) in [5.41, 5.74) is 1.81. The number of hydrogen-bond acceptors (Lipinski definition) is 11. The Balaban J connectivity index is 1.33. The van der Waals surface area contributed by atoms with E-state index in [-0.39, 0.29) is 18.4 Å². The second kappa shape index (κ2) is 17.3. The highest BCUT2D eigenvalue weighted by Gasteiger charge is 2.09. The molecule has 0 spiro atoms. The molecule has 12 heteroatoms. The summed E-state index contributed by atoms with van der Waals surface area (Å²) in [6.07, 6.45) is 0.801. The van der Waals surface area contributed by atoms with E-state index >= 15 is 0 Å². The molecule has 1 aromatic heterocycles. The van der Waals surface area contributed by atoms with Crippen LogP contribution in [0.15, 0.2) is 60.7 Å². The number of nitrogens with zero attached hydrogens (tertiary/aromatic N) is 3. The summed E-state index contributed by atoms with van der Waals surface area (Å²) in [5.74, 6) is 0.405. The van der Waals surface area contributed by atoms with E-state index in [1.54, 1.807) is 12.1 Å². The largest absolute Gasteiger partial charge is 0.468 e. The van der Waals surface area contributed by atoms with E-state index in [1.807, 2.05) is 36.4 Å². The van der Waals surface area contributed by atoms with Crippen LogP contribution in [0, 0.1) is 0 Å². The van der Waals surface area contributed by atoms with Gasteiger partial charge in [-0.25, -0.2) is 0 Å². The molecule has 0 radical (unpaired) electrons. The molecular formula is C27H35N7O5. The second-order valence-corrected chi connectivity index (χ2v) is 8.17. The number of anilines is 3. The summed E-state index contributed by atoms with van der Waals surface area (Å²) >= 11 is 0. The average molecular weight is 538 g/mol. The third-order valence-electron chi connectivity index (χ3n) is 5.26. The summed E-state index contributed by atoms with van der Waals surface area (Å²) in [7, 11) is 1.32. The summed E-state index contributed by atoms with van der Waals surface area (Å²) in [6, 6.07) is 19.1. The molecule has 0 saturated heterocycles. The van der Waals surface area contributed by atoms with Crippen molar-refractivity contribution >= 4 is 29.7 Å². The number of aromatic nitrogens is 3. The SMILES string of the molecule is COC(=O)CNc1nc(NCCOCCOCCNC(=O)c2ccccc2)nc(NCCc2ccccc2)n1. The van der Waals surface area contributed by atoms with Crippen molar-refractivity contribution in [1.29, 1.82) is 0 Å². The molecule has 1 heterocycles. The first-order valence-electron chi connectivity index (χ1n) is 12.7. The van der Waals surface area contributed by atoms with E-state index in [2.05, 4.69) is 53.1 Å². The molecular weight excluding hydrogens is 502 g/mol. The fraction of sp³-hybridized carbons (Fsp3) is 0.370.